The molecule has 39 heavy (non-hydrogen) atoms. The molecule has 4 aliphatic rings. The van der Waals surface area contributed by atoms with Gasteiger partial charge in [-0.15, -0.1) is 0 Å². The highest BCUT2D eigenvalue weighted by atomic mass is 16.5. The molecule has 0 aromatic heterocycles. The van der Waals surface area contributed by atoms with Crippen molar-refractivity contribution < 1.29 is 39.5 Å². The van der Waals surface area contributed by atoms with Gasteiger partial charge in [0, 0.05) is 44.4 Å². The van der Waals surface area contributed by atoms with Crippen LogP contribution in [0.5, 0.6) is 5.75 Å². The number of likely N-dealkylation sites (N-methyl/N-ethyl adjacent to an activating group) is 1. The summed E-state index contributed by atoms with van der Waals surface area (Å²) in [5, 5.41) is 45.5. The summed E-state index contributed by atoms with van der Waals surface area (Å²) in [6.07, 6.45) is 0.281. The smallest absolute Gasteiger partial charge is 0.255 e. The highest BCUT2D eigenvalue weighted by Crippen LogP contribution is 2.54. The first kappa shape index (κ1) is 27.0. The van der Waals surface area contributed by atoms with Gasteiger partial charge in [-0.1, -0.05) is 0 Å². The number of hydrogen-bond donors (Lipinski definition) is 5. The van der Waals surface area contributed by atoms with Crippen LogP contribution in [0.2, 0.25) is 0 Å². The summed E-state index contributed by atoms with van der Waals surface area (Å²) < 4.78 is 5.43. The van der Waals surface area contributed by atoms with E-state index in [2.05, 4.69) is 0 Å². The maximum absolute atomic E-state index is 14.1. The number of anilines is 2. The number of allylic oxidation sites excluding steroid dienone is 1. The second-order valence-corrected chi connectivity index (χ2v) is 11.1. The first-order valence-corrected chi connectivity index (χ1v) is 12.9. The molecule has 0 spiro atoms. The Morgan fingerprint density at radius 1 is 1.13 bits per heavy atom. The number of Topliss-reactive ketones (excluding diaryl/α,β-unsaturated/α-hetero) is 2. The Morgan fingerprint density at radius 3 is 2.33 bits per heavy atom. The summed E-state index contributed by atoms with van der Waals surface area (Å²) in [7, 11) is 6.86. The van der Waals surface area contributed by atoms with Crippen LogP contribution in [0.25, 0.3) is 0 Å². The summed E-state index contributed by atoms with van der Waals surface area (Å²) in [5.74, 6) is -6.59. The van der Waals surface area contributed by atoms with Gasteiger partial charge in [-0.25, -0.2) is 0 Å². The van der Waals surface area contributed by atoms with Crippen LogP contribution in [-0.2, 0) is 20.7 Å². The van der Waals surface area contributed by atoms with E-state index in [4.69, 9.17) is 10.5 Å². The molecule has 1 fully saturated rings. The molecule has 5 rings (SSSR count). The molecule has 0 radical (unpaired) electrons. The Labute approximate surface area is 225 Å². The zero-order chi connectivity index (χ0) is 28.5. The van der Waals surface area contributed by atoms with E-state index in [1.165, 1.54) is 4.90 Å². The quantitative estimate of drug-likeness (QED) is 0.324. The lowest BCUT2D eigenvalue weighted by Crippen LogP contribution is -2.63. The van der Waals surface area contributed by atoms with E-state index in [1.807, 2.05) is 30.0 Å². The van der Waals surface area contributed by atoms with Crippen molar-refractivity contribution in [2.24, 2.45) is 17.6 Å². The van der Waals surface area contributed by atoms with Gasteiger partial charge >= 0.3 is 0 Å². The van der Waals surface area contributed by atoms with Crippen LogP contribution in [0.3, 0.4) is 0 Å². The Bertz CT molecular complexity index is 1340. The topological polar surface area (TPSA) is 177 Å². The molecule has 0 bridgehead atoms. The van der Waals surface area contributed by atoms with Crippen LogP contribution >= 0.6 is 0 Å². The third-order valence-electron chi connectivity index (χ3n) is 8.51. The largest absolute Gasteiger partial charge is 0.510 e. The van der Waals surface area contributed by atoms with E-state index < -0.39 is 58.0 Å². The number of phenols is 1. The second kappa shape index (κ2) is 9.25. The number of nitrogens with zero attached hydrogens (tertiary/aromatic N) is 3. The maximum Gasteiger partial charge on any atom is 0.255 e. The van der Waals surface area contributed by atoms with Crippen molar-refractivity contribution in [3.8, 4) is 5.75 Å². The van der Waals surface area contributed by atoms with Crippen molar-refractivity contribution in [3.63, 3.8) is 0 Å². The van der Waals surface area contributed by atoms with Crippen LogP contribution in [0.15, 0.2) is 28.7 Å². The van der Waals surface area contributed by atoms with Gasteiger partial charge in [0.1, 0.15) is 22.8 Å². The number of primary amides is 1. The molecule has 1 aromatic rings. The number of morpholine rings is 1. The van der Waals surface area contributed by atoms with E-state index in [0.717, 1.165) is 5.69 Å². The van der Waals surface area contributed by atoms with E-state index in [0.29, 0.717) is 37.6 Å². The molecule has 3 aliphatic carbocycles. The third-order valence-corrected chi connectivity index (χ3v) is 8.51. The van der Waals surface area contributed by atoms with E-state index in [9.17, 15) is 34.8 Å². The summed E-state index contributed by atoms with van der Waals surface area (Å²) in [6.45, 7) is 1.94. The Balaban J connectivity index is 1.72. The maximum atomic E-state index is 14.1. The average molecular weight is 543 g/mol. The molecule has 1 aromatic carbocycles. The lowest BCUT2D eigenvalue weighted by atomic mass is 9.58. The zero-order valence-corrected chi connectivity index (χ0v) is 22.4. The minimum absolute atomic E-state index is 0.00322. The van der Waals surface area contributed by atoms with Crippen LogP contribution in [0, 0.1) is 11.8 Å². The van der Waals surface area contributed by atoms with Crippen molar-refractivity contribution in [1.82, 2.24) is 4.90 Å². The zero-order valence-electron chi connectivity index (χ0n) is 22.4. The molecule has 4 atom stereocenters. The van der Waals surface area contributed by atoms with Crippen molar-refractivity contribution in [2.45, 2.75) is 24.5 Å². The number of hydrogen-bond acceptors (Lipinski definition) is 11. The summed E-state index contributed by atoms with van der Waals surface area (Å²) in [6, 6.07) is 0.807. The average Bonchev–Trinajstić information content (AvgIpc) is 2.86. The Kier molecular flexibility index (Phi) is 6.40. The van der Waals surface area contributed by atoms with E-state index in [-0.39, 0.29) is 29.7 Å². The molecule has 0 unspecified atom stereocenters. The van der Waals surface area contributed by atoms with Gasteiger partial charge in [0.05, 0.1) is 30.5 Å². The molecule has 0 saturated carbocycles. The minimum atomic E-state index is -2.66. The van der Waals surface area contributed by atoms with Gasteiger partial charge < -0.3 is 40.7 Å². The number of aromatic hydroxyl groups is 1. The molecule has 1 saturated heterocycles. The van der Waals surface area contributed by atoms with Crippen LogP contribution in [-0.4, -0.2) is 109 Å². The number of aliphatic hydroxyl groups excluding tert-OH is 2. The molecule has 1 amide bonds. The van der Waals surface area contributed by atoms with Gasteiger partial charge in [0.2, 0.25) is 5.78 Å². The van der Waals surface area contributed by atoms with Crippen LogP contribution in [0.4, 0.5) is 11.4 Å². The lowest BCUT2D eigenvalue weighted by molar-refractivity contribution is -0.148. The summed E-state index contributed by atoms with van der Waals surface area (Å²) in [4.78, 5) is 45.0. The first-order valence-electron chi connectivity index (χ1n) is 12.9. The molecule has 210 valence electrons. The second-order valence-electron chi connectivity index (χ2n) is 11.1. The van der Waals surface area contributed by atoms with Crippen molar-refractivity contribution >= 4 is 28.8 Å². The Morgan fingerprint density at radius 2 is 1.77 bits per heavy atom. The van der Waals surface area contributed by atoms with Gasteiger partial charge in [-0.05, 0) is 44.5 Å². The molecular weight excluding hydrogens is 508 g/mol. The molecule has 6 N–H and O–H groups in total. The number of amides is 1. The molecule has 1 heterocycles. The fourth-order valence-electron chi connectivity index (χ4n) is 6.73. The lowest BCUT2D eigenvalue weighted by Gasteiger charge is -2.50. The van der Waals surface area contributed by atoms with Crippen molar-refractivity contribution in [3.05, 3.63) is 39.9 Å². The predicted molar refractivity (Wildman–Crippen MR) is 141 cm³/mol. The van der Waals surface area contributed by atoms with E-state index >= 15 is 0 Å². The molecular formula is C27H34N4O8. The predicted octanol–water partition coefficient (Wildman–Crippen LogP) is 0.0232. The molecule has 12 nitrogen and oxygen atoms in total. The number of ether oxygens (including phenoxy) is 1. The Hall–Kier alpha value is -3.61. The van der Waals surface area contributed by atoms with Gasteiger partial charge in [0.25, 0.3) is 5.91 Å². The highest BCUT2D eigenvalue weighted by molar-refractivity contribution is 6.25. The monoisotopic (exact) mass is 542 g/mol. The van der Waals surface area contributed by atoms with Crippen LogP contribution in [0.1, 0.15) is 22.3 Å². The standard InChI is InChI=1S/C27H34N4O8/c1-29(2)15-11-16(31-5-7-39-8-6-31)21(32)18-13(15)9-12-10-14-20(30(3)4)23(34)19(26(28)37)25(36)27(14,38)24(35)17(12)22(18)33/h11-12,14,20,32,34-35,38H,5-10H2,1-4H3,(H2,28,37)/t12-,14-,20-,27-/m0/s1. The third kappa shape index (κ3) is 3.73. The number of carbonyl (C=O) groups is 3. The fraction of sp³-hybridized carbons (Fsp3) is 0.519. The number of fused-ring (bicyclic) bond motifs is 3. The fourth-order valence-corrected chi connectivity index (χ4v) is 6.73. The highest BCUT2D eigenvalue weighted by Gasteiger charge is 2.63. The normalized spacial score (nSPS) is 28.9. The van der Waals surface area contributed by atoms with Crippen molar-refractivity contribution in [1.29, 1.82) is 0 Å². The first-order chi connectivity index (χ1) is 18.3. The number of rotatable bonds is 4. The summed E-state index contributed by atoms with van der Waals surface area (Å²) >= 11 is 0. The number of carbonyl (C=O) groups excluding carboxylic acids is 3. The number of benzene rings is 1. The van der Waals surface area contributed by atoms with Gasteiger partial charge in [0.15, 0.2) is 11.4 Å². The molecule has 12 heteroatoms. The number of aliphatic hydroxyl groups is 3. The molecule has 1 aliphatic heterocycles. The summed E-state index contributed by atoms with van der Waals surface area (Å²) in [5.41, 5.74) is 3.50. The number of nitrogens with two attached hydrogens (primary N) is 1. The van der Waals surface area contributed by atoms with Gasteiger partial charge in [-0.2, -0.15) is 0 Å². The number of ketones is 2. The van der Waals surface area contributed by atoms with Crippen LogP contribution < -0.4 is 15.5 Å². The van der Waals surface area contributed by atoms with Crippen molar-refractivity contribution in [2.75, 3.05) is 64.3 Å². The SMILES string of the molecule is CN(C)c1cc(N2CCOCC2)c(O)c2c1C[C@H]1C[C@H]3[C@H](N(C)C)C(O)=C(C(N)=O)C(=O)[C@@]3(O)C(O)=C1C2=O. The van der Waals surface area contributed by atoms with Gasteiger partial charge in [-0.3, -0.25) is 19.3 Å². The minimum Gasteiger partial charge on any atom is -0.510 e. The van der Waals surface area contributed by atoms with E-state index in [1.54, 1.807) is 14.1 Å². The number of phenolic OH excluding ortho intramolecular Hbond substituents is 1.